The molecule has 1 aliphatic heterocycles. The molecule has 1 aliphatic rings. The normalized spacial score (nSPS) is 16.1. The maximum absolute atomic E-state index is 12.8. The molecule has 0 bridgehead atoms. The first-order chi connectivity index (χ1) is 10.5. The number of carbonyl (C=O) groups excluding carboxylic acids is 1. The molecule has 0 atom stereocenters. The second-order valence-corrected chi connectivity index (χ2v) is 8.26. The summed E-state index contributed by atoms with van der Waals surface area (Å²) >= 11 is 1.11. The third-order valence-electron chi connectivity index (χ3n) is 3.50. The number of hydrogen-bond donors (Lipinski definition) is 0. The van der Waals surface area contributed by atoms with Crippen molar-refractivity contribution in [3.8, 4) is 0 Å². The molecule has 0 unspecified atom stereocenters. The maximum atomic E-state index is 12.8. The van der Waals surface area contributed by atoms with Crippen LogP contribution in [0.3, 0.4) is 0 Å². The maximum Gasteiger partial charge on any atom is 0.252 e. The summed E-state index contributed by atoms with van der Waals surface area (Å²) in [6.07, 6.45) is 0.190. The number of ketones is 1. The van der Waals surface area contributed by atoms with Gasteiger partial charge in [-0.2, -0.15) is 0 Å². The number of hydrogen-bond acceptors (Lipinski definition) is 4. The van der Waals surface area contributed by atoms with Gasteiger partial charge in [0.2, 0.25) is 0 Å². The first kappa shape index (κ1) is 15.3. The lowest BCUT2D eigenvalue weighted by molar-refractivity contribution is 0.0980. The van der Waals surface area contributed by atoms with Gasteiger partial charge in [0, 0.05) is 23.4 Å². The van der Waals surface area contributed by atoms with Gasteiger partial charge in [-0.3, -0.25) is 4.79 Å². The summed E-state index contributed by atoms with van der Waals surface area (Å²) in [7, 11) is -3.62. The van der Waals surface area contributed by atoms with E-state index in [2.05, 4.69) is 0 Å². The lowest BCUT2D eigenvalue weighted by Crippen LogP contribution is -2.25. The molecule has 4 nitrogen and oxygen atoms in total. The molecule has 114 valence electrons. The molecule has 2 aromatic rings. The molecule has 0 N–H and O–H groups in total. The summed E-state index contributed by atoms with van der Waals surface area (Å²) < 4.78 is 26.8. The van der Waals surface area contributed by atoms with E-state index in [0.717, 1.165) is 17.5 Å². The summed E-state index contributed by atoms with van der Waals surface area (Å²) in [5.41, 5.74) is 1.59. The number of Topliss-reactive ketones (excluding diaryl/α,β-unsaturated/α-hetero) is 1. The lowest BCUT2D eigenvalue weighted by Gasteiger charge is -2.18. The Kier molecular flexibility index (Phi) is 4.08. The highest BCUT2D eigenvalue weighted by Crippen LogP contribution is 2.34. The Morgan fingerprint density at radius 3 is 2.45 bits per heavy atom. The summed E-state index contributed by atoms with van der Waals surface area (Å²) in [6.45, 7) is 2.08. The van der Waals surface area contributed by atoms with Gasteiger partial charge in [-0.15, -0.1) is 3.71 Å². The minimum atomic E-state index is -3.62. The van der Waals surface area contributed by atoms with E-state index in [9.17, 15) is 13.2 Å². The third kappa shape index (κ3) is 2.82. The molecule has 22 heavy (non-hydrogen) atoms. The van der Waals surface area contributed by atoms with E-state index in [1.807, 2.05) is 6.92 Å². The van der Waals surface area contributed by atoms with E-state index in [-0.39, 0.29) is 23.6 Å². The van der Waals surface area contributed by atoms with E-state index in [0.29, 0.717) is 10.5 Å². The van der Waals surface area contributed by atoms with Crippen LogP contribution in [0.2, 0.25) is 0 Å². The molecule has 0 aliphatic carbocycles. The van der Waals surface area contributed by atoms with Crippen LogP contribution in [0.15, 0.2) is 58.3 Å². The quantitative estimate of drug-likeness (QED) is 0.792. The van der Waals surface area contributed by atoms with Crippen LogP contribution >= 0.6 is 11.9 Å². The molecule has 0 radical (unpaired) electrons. The van der Waals surface area contributed by atoms with Crippen LogP contribution in [0.4, 0.5) is 0 Å². The van der Waals surface area contributed by atoms with Gasteiger partial charge in [-0.25, -0.2) is 8.42 Å². The predicted octanol–water partition coefficient (Wildman–Crippen LogP) is 3.28. The number of aryl methyl sites for hydroxylation is 1. The highest BCUT2D eigenvalue weighted by Gasteiger charge is 2.30. The average Bonchev–Trinajstić information content (AvgIpc) is 2.68. The Morgan fingerprint density at radius 1 is 1.05 bits per heavy atom. The van der Waals surface area contributed by atoms with Crippen LogP contribution < -0.4 is 0 Å². The number of fused-ring (bicyclic) bond motifs is 1. The average molecular weight is 333 g/mol. The molecule has 0 spiro atoms. The van der Waals surface area contributed by atoms with Crippen molar-refractivity contribution in [3.05, 3.63) is 59.7 Å². The third-order valence-corrected chi connectivity index (χ3v) is 6.83. The summed E-state index contributed by atoms with van der Waals surface area (Å²) in [4.78, 5) is 13.1. The smallest absolute Gasteiger partial charge is 0.252 e. The highest BCUT2D eigenvalue weighted by molar-refractivity contribution is 8.08. The van der Waals surface area contributed by atoms with Gasteiger partial charge in [0.05, 0.1) is 4.90 Å². The second-order valence-electron chi connectivity index (χ2n) is 5.11. The molecular formula is C16H15NO3S2. The second kappa shape index (κ2) is 5.87. The summed E-state index contributed by atoms with van der Waals surface area (Å²) in [6, 6.07) is 13.9. The number of sulfonamides is 1. The van der Waals surface area contributed by atoms with Crippen molar-refractivity contribution in [3.63, 3.8) is 0 Å². The Balaban J connectivity index is 1.99. The van der Waals surface area contributed by atoms with Crippen molar-refractivity contribution in [1.82, 2.24) is 3.71 Å². The van der Waals surface area contributed by atoms with Gasteiger partial charge in [-0.05, 0) is 37.1 Å². The first-order valence-electron chi connectivity index (χ1n) is 6.88. The molecule has 0 saturated carbocycles. The first-order valence-corrected chi connectivity index (χ1v) is 9.09. The molecule has 0 amide bonds. The van der Waals surface area contributed by atoms with E-state index in [4.69, 9.17) is 0 Å². The Morgan fingerprint density at radius 2 is 1.73 bits per heavy atom. The zero-order valence-corrected chi connectivity index (χ0v) is 13.7. The van der Waals surface area contributed by atoms with Crippen molar-refractivity contribution >= 4 is 27.8 Å². The van der Waals surface area contributed by atoms with Gasteiger partial charge in [-0.1, -0.05) is 35.9 Å². The molecule has 0 saturated heterocycles. The topological polar surface area (TPSA) is 54.5 Å². The van der Waals surface area contributed by atoms with Crippen molar-refractivity contribution < 1.29 is 13.2 Å². The molecule has 3 rings (SSSR count). The van der Waals surface area contributed by atoms with E-state index in [1.54, 1.807) is 48.5 Å². The standard InChI is InChI=1S/C16H15NO3S2/c1-12-6-8-13(9-7-12)22(19,20)17-11-10-15(18)14-4-2-3-5-16(14)21-17/h2-9H,10-11H2,1H3. The lowest BCUT2D eigenvalue weighted by atomic mass is 10.1. The monoisotopic (exact) mass is 333 g/mol. The van der Waals surface area contributed by atoms with Crippen molar-refractivity contribution in [2.24, 2.45) is 0 Å². The minimum Gasteiger partial charge on any atom is -0.294 e. The fourth-order valence-electron chi connectivity index (χ4n) is 2.26. The van der Waals surface area contributed by atoms with Gasteiger partial charge in [0.15, 0.2) is 5.78 Å². The fourth-order valence-corrected chi connectivity index (χ4v) is 5.02. The summed E-state index contributed by atoms with van der Waals surface area (Å²) in [5.74, 6) is -0.0234. The molecule has 0 fully saturated rings. The number of nitrogens with zero attached hydrogens (tertiary/aromatic N) is 1. The van der Waals surface area contributed by atoms with Crippen molar-refractivity contribution in [2.75, 3.05) is 6.54 Å². The van der Waals surface area contributed by atoms with Crippen LogP contribution in [0.25, 0.3) is 0 Å². The van der Waals surface area contributed by atoms with Gasteiger partial charge in [0.25, 0.3) is 10.0 Å². The minimum absolute atomic E-state index is 0.0234. The molecular weight excluding hydrogens is 318 g/mol. The zero-order valence-electron chi connectivity index (χ0n) is 12.0. The number of carbonyl (C=O) groups is 1. The highest BCUT2D eigenvalue weighted by atomic mass is 32.3. The molecule has 6 heteroatoms. The zero-order chi connectivity index (χ0) is 15.7. The van der Waals surface area contributed by atoms with Crippen LogP contribution in [0.5, 0.6) is 0 Å². The molecule has 1 heterocycles. The van der Waals surface area contributed by atoms with Crippen LogP contribution in [0, 0.1) is 6.92 Å². The van der Waals surface area contributed by atoms with Crippen molar-refractivity contribution in [1.29, 1.82) is 0 Å². The van der Waals surface area contributed by atoms with Crippen LogP contribution in [-0.2, 0) is 10.0 Å². The summed E-state index contributed by atoms with van der Waals surface area (Å²) in [5, 5.41) is 0. The Bertz CT molecular complexity index is 814. The van der Waals surface area contributed by atoms with E-state index < -0.39 is 10.0 Å². The van der Waals surface area contributed by atoms with E-state index >= 15 is 0 Å². The van der Waals surface area contributed by atoms with E-state index in [1.165, 1.54) is 3.71 Å². The van der Waals surface area contributed by atoms with Crippen LogP contribution in [0.1, 0.15) is 22.3 Å². The van der Waals surface area contributed by atoms with Crippen molar-refractivity contribution in [2.45, 2.75) is 23.1 Å². The number of rotatable bonds is 2. The Hall–Kier alpha value is -1.63. The SMILES string of the molecule is Cc1ccc(S(=O)(=O)N2CCC(=O)c3ccccc3S2)cc1. The molecule has 2 aromatic carbocycles. The van der Waals surface area contributed by atoms with Gasteiger partial charge < -0.3 is 0 Å². The predicted molar refractivity (Wildman–Crippen MR) is 86.3 cm³/mol. The largest absolute Gasteiger partial charge is 0.294 e. The van der Waals surface area contributed by atoms with Gasteiger partial charge in [0.1, 0.15) is 0 Å². The van der Waals surface area contributed by atoms with Gasteiger partial charge >= 0.3 is 0 Å². The Labute approximate surface area is 134 Å². The fraction of sp³-hybridized carbons (Fsp3) is 0.188. The van der Waals surface area contributed by atoms with Crippen LogP contribution in [-0.4, -0.2) is 24.5 Å². The molecule has 0 aromatic heterocycles. The number of benzene rings is 2.